The summed E-state index contributed by atoms with van der Waals surface area (Å²) >= 11 is 0. The number of aryl methyl sites for hydroxylation is 1. The predicted octanol–water partition coefficient (Wildman–Crippen LogP) is 1.13. The van der Waals surface area contributed by atoms with Crippen molar-refractivity contribution in [2.45, 2.75) is 51.6 Å². The molecular formula is C21H31N5O3. The minimum absolute atomic E-state index is 0.0425. The van der Waals surface area contributed by atoms with Gasteiger partial charge >= 0.3 is 0 Å². The summed E-state index contributed by atoms with van der Waals surface area (Å²) < 4.78 is 1.68. The molecule has 3 atom stereocenters. The van der Waals surface area contributed by atoms with Crippen LogP contribution in [0.25, 0.3) is 0 Å². The Balaban J connectivity index is 1.55. The van der Waals surface area contributed by atoms with E-state index < -0.39 is 0 Å². The van der Waals surface area contributed by atoms with E-state index >= 15 is 0 Å². The molecule has 0 aliphatic carbocycles. The Morgan fingerprint density at radius 2 is 1.93 bits per heavy atom. The molecule has 3 fully saturated rings. The lowest BCUT2D eigenvalue weighted by molar-refractivity contribution is -0.141. The van der Waals surface area contributed by atoms with E-state index in [1.54, 1.807) is 22.8 Å². The molecule has 158 valence electrons. The second-order valence-electron chi connectivity index (χ2n) is 9.10. The van der Waals surface area contributed by atoms with Crippen molar-refractivity contribution >= 4 is 17.7 Å². The van der Waals surface area contributed by atoms with Gasteiger partial charge in [-0.25, -0.2) is 4.98 Å². The lowest BCUT2D eigenvalue weighted by Crippen LogP contribution is -2.58. The zero-order valence-electron chi connectivity index (χ0n) is 17.6. The van der Waals surface area contributed by atoms with Crippen LogP contribution in [0.15, 0.2) is 12.5 Å². The van der Waals surface area contributed by atoms with Crippen molar-refractivity contribution in [1.82, 2.24) is 24.3 Å². The summed E-state index contributed by atoms with van der Waals surface area (Å²) in [5.74, 6) is 0.220. The van der Waals surface area contributed by atoms with Crippen LogP contribution in [0.2, 0.25) is 0 Å². The Morgan fingerprint density at radius 3 is 2.55 bits per heavy atom. The van der Waals surface area contributed by atoms with E-state index in [1.165, 1.54) is 6.20 Å². The largest absolute Gasteiger partial charge is 0.342 e. The summed E-state index contributed by atoms with van der Waals surface area (Å²) in [5.41, 5.74) is 0.479. The van der Waals surface area contributed by atoms with Crippen molar-refractivity contribution in [3.63, 3.8) is 0 Å². The molecular weight excluding hydrogens is 370 g/mol. The van der Waals surface area contributed by atoms with Crippen LogP contribution in [-0.4, -0.2) is 80.2 Å². The highest BCUT2D eigenvalue weighted by Gasteiger charge is 2.51. The summed E-state index contributed by atoms with van der Waals surface area (Å²) in [7, 11) is 1.78. The molecule has 0 bridgehead atoms. The maximum atomic E-state index is 13.2. The number of piperazine rings is 1. The lowest BCUT2D eigenvalue weighted by atomic mass is 9.91. The molecule has 29 heavy (non-hydrogen) atoms. The Morgan fingerprint density at radius 1 is 1.21 bits per heavy atom. The smallest absolute Gasteiger partial charge is 0.272 e. The van der Waals surface area contributed by atoms with Gasteiger partial charge in [0.25, 0.3) is 5.91 Å². The first-order chi connectivity index (χ1) is 13.9. The Labute approximate surface area is 171 Å². The first kappa shape index (κ1) is 19.9. The molecule has 0 N–H and O–H groups in total. The number of hydrogen-bond donors (Lipinski definition) is 0. The maximum absolute atomic E-state index is 13.2. The third kappa shape index (κ3) is 3.65. The van der Waals surface area contributed by atoms with E-state index in [9.17, 15) is 14.4 Å². The zero-order chi connectivity index (χ0) is 20.7. The monoisotopic (exact) mass is 401 g/mol. The van der Waals surface area contributed by atoms with Crippen LogP contribution in [0.1, 0.15) is 50.0 Å². The maximum Gasteiger partial charge on any atom is 0.272 e. The van der Waals surface area contributed by atoms with Crippen LogP contribution >= 0.6 is 0 Å². The van der Waals surface area contributed by atoms with Crippen LogP contribution in [0.3, 0.4) is 0 Å². The molecule has 4 heterocycles. The minimum Gasteiger partial charge on any atom is -0.342 e. The second kappa shape index (κ2) is 7.80. The van der Waals surface area contributed by atoms with Crippen molar-refractivity contribution in [3.05, 3.63) is 18.2 Å². The molecule has 0 radical (unpaired) electrons. The first-order valence-corrected chi connectivity index (χ1v) is 10.7. The van der Waals surface area contributed by atoms with Gasteiger partial charge in [0.2, 0.25) is 11.8 Å². The number of fused-ring (bicyclic) bond motifs is 1. The van der Waals surface area contributed by atoms with Gasteiger partial charge in [0.15, 0.2) is 0 Å². The van der Waals surface area contributed by atoms with E-state index in [2.05, 4.69) is 18.8 Å². The molecule has 3 saturated heterocycles. The van der Waals surface area contributed by atoms with Crippen LogP contribution in [0, 0.1) is 11.8 Å². The number of rotatable bonds is 4. The van der Waals surface area contributed by atoms with Gasteiger partial charge in [0, 0.05) is 32.7 Å². The van der Waals surface area contributed by atoms with Crippen LogP contribution < -0.4 is 0 Å². The van der Waals surface area contributed by atoms with Gasteiger partial charge in [-0.15, -0.1) is 0 Å². The highest BCUT2D eigenvalue weighted by Crippen LogP contribution is 2.38. The molecule has 4 rings (SSSR count). The summed E-state index contributed by atoms with van der Waals surface area (Å²) in [6, 6.07) is -0.150. The van der Waals surface area contributed by atoms with Gasteiger partial charge in [-0.1, -0.05) is 13.8 Å². The molecule has 0 unspecified atom stereocenters. The summed E-state index contributed by atoms with van der Waals surface area (Å²) in [6.45, 7) is 6.48. The quantitative estimate of drug-likeness (QED) is 0.758. The van der Waals surface area contributed by atoms with Gasteiger partial charge < -0.3 is 19.3 Å². The molecule has 3 amide bonds. The third-order valence-electron chi connectivity index (χ3n) is 6.56. The van der Waals surface area contributed by atoms with E-state index in [-0.39, 0.29) is 42.3 Å². The molecule has 1 aromatic heterocycles. The van der Waals surface area contributed by atoms with E-state index in [0.717, 1.165) is 32.4 Å². The average Bonchev–Trinajstić information content (AvgIpc) is 3.40. The fraction of sp³-hybridized carbons (Fsp3) is 0.714. The Bertz CT molecular complexity index is 798. The number of nitrogens with zero attached hydrogens (tertiary/aromatic N) is 5. The zero-order valence-corrected chi connectivity index (χ0v) is 17.6. The predicted molar refractivity (Wildman–Crippen MR) is 107 cm³/mol. The van der Waals surface area contributed by atoms with Crippen molar-refractivity contribution in [2.24, 2.45) is 18.9 Å². The summed E-state index contributed by atoms with van der Waals surface area (Å²) in [4.78, 5) is 48.8. The van der Waals surface area contributed by atoms with Crippen LogP contribution in [-0.2, 0) is 16.6 Å². The van der Waals surface area contributed by atoms with Crippen molar-refractivity contribution in [3.8, 4) is 0 Å². The fourth-order valence-corrected chi connectivity index (χ4v) is 5.22. The molecule has 3 aliphatic rings. The number of imidazole rings is 1. The Hall–Kier alpha value is -2.38. The molecule has 0 aromatic carbocycles. The van der Waals surface area contributed by atoms with Crippen molar-refractivity contribution in [2.75, 3.05) is 26.2 Å². The molecule has 0 saturated carbocycles. The molecule has 3 aliphatic heterocycles. The van der Waals surface area contributed by atoms with Gasteiger partial charge in [-0.05, 0) is 31.6 Å². The number of amides is 3. The topological polar surface area (TPSA) is 78.8 Å². The SMILES string of the molecule is CC(C)C[C@@H]1[C@H](C(=O)N2CCCC2)C[C@@H]2CN(C(=O)c3cncn3C)CC(=O)N21. The second-order valence-corrected chi connectivity index (χ2v) is 9.10. The van der Waals surface area contributed by atoms with Crippen LogP contribution in [0.5, 0.6) is 0 Å². The van der Waals surface area contributed by atoms with Crippen LogP contribution in [0.4, 0.5) is 0 Å². The number of carbonyl (C=O) groups excluding carboxylic acids is 3. The molecule has 8 nitrogen and oxygen atoms in total. The third-order valence-corrected chi connectivity index (χ3v) is 6.56. The number of hydrogen-bond acceptors (Lipinski definition) is 4. The summed E-state index contributed by atoms with van der Waals surface area (Å²) in [6.07, 6.45) is 6.72. The van der Waals surface area contributed by atoms with Crippen molar-refractivity contribution < 1.29 is 14.4 Å². The van der Waals surface area contributed by atoms with E-state index in [0.29, 0.717) is 24.6 Å². The summed E-state index contributed by atoms with van der Waals surface area (Å²) in [5, 5.41) is 0. The lowest BCUT2D eigenvalue weighted by Gasteiger charge is -2.40. The molecule has 1 aromatic rings. The number of aromatic nitrogens is 2. The number of likely N-dealkylation sites (tertiary alicyclic amines) is 1. The average molecular weight is 402 g/mol. The van der Waals surface area contributed by atoms with Crippen molar-refractivity contribution in [1.29, 1.82) is 0 Å². The van der Waals surface area contributed by atoms with Gasteiger partial charge in [-0.2, -0.15) is 0 Å². The van der Waals surface area contributed by atoms with Gasteiger partial charge in [0.05, 0.1) is 24.5 Å². The van der Waals surface area contributed by atoms with Gasteiger partial charge in [0.1, 0.15) is 12.2 Å². The Kier molecular flexibility index (Phi) is 5.36. The van der Waals surface area contributed by atoms with Gasteiger partial charge in [-0.3, -0.25) is 14.4 Å². The van der Waals surface area contributed by atoms with E-state index in [4.69, 9.17) is 0 Å². The molecule has 0 spiro atoms. The highest BCUT2D eigenvalue weighted by atomic mass is 16.2. The standard InChI is InChI=1S/C21H31N5O3/c1-14(2)8-17-16(20(28)24-6-4-5-7-24)9-15-11-25(12-19(27)26(15)17)21(29)18-10-22-13-23(18)3/h10,13-17H,4-9,11-12H2,1-3H3/t15-,16-,17-/m1/s1. The molecule has 8 heteroatoms. The minimum atomic E-state index is -0.173. The first-order valence-electron chi connectivity index (χ1n) is 10.7. The normalized spacial score (nSPS) is 27.1. The fourth-order valence-electron chi connectivity index (χ4n) is 5.22. The number of carbonyl (C=O) groups is 3. The highest BCUT2D eigenvalue weighted by molar-refractivity contribution is 5.96. The van der Waals surface area contributed by atoms with E-state index in [1.807, 2.05) is 9.80 Å².